The molecule has 32 heavy (non-hydrogen) atoms. The summed E-state index contributed by atoms with van der Waals surface area (Å²) in [6, 6.07) is 10.8. The van der Waals surface area contributed by atoms with Crippen LogP contribution in [0.3, 0.4) is 0 Å². The molecule has 1 heterocycles. The highest BCUT2D eigenvalue weighted by atomic mass is 35.5. The summed E-state index contributed by atoms with van der Waals surface area (Å²) in [5.41, 5.74) is 3.10. The van der Waals surface area contributed by atoms with E-state index in [2.05, 4.69) is 0 Å². The molecule has 7 heteroatoms. The number of carbonyl (C=O) groups is 2. The van der Waals surface area contributed by atoms with Crippen molar-refractivity contribution in [1.82, 2.24) is 4.90 Å². The number of hydrogen-bond donors (Lipinski definition) is 0. The van der Waals surface area contributed by atoms with Gasteiger partial charge in [0.2, 0.25) is 0 Å². The third-order valence-electron chi connectivity index (χ3n) is 6.24. The number of ketones is 1. The molecule has 1 aliphatic carbocycles. The van der Waals surface area contributed by atoms with Crippen molar-refractivity contribution >= 4 is 23.3 Å². The largest absolute Gasteiger partial charge is 0.489 e. The molecule has 0 N–H and O–H groups in total. The van der Waals surface area contributed by atoms with Crippen LogP contribution >= 0.6 is 11.6 Å². The molecule has 0 spiro atoms. The molecule has 0 aromatic heterocycles. The standard InChI is InChI=1S/C25H28ClNO5/c1-30-25(31-2)18-12-11-16(13-20(18)26)15-32-23-10-6-7-17-19(23)14-27(24(17)29)21-8-4-3-5-9-22(21)28/h6-7,10-13,21,25H,3-5,8-9,14-15H2,1-2H3/t21-/m0/s1. The molecule has 2 aromatic carbocycles. The number of amides is 1. The number of halogens is 1. The van der Waals surface area contributed by atoms with Gasteiger partial charge in [0, 0.05) is 42.4 Å². The van der Waals surface area contributed by atoms with Crippen molar-refractivity contribution in [2.45, 2.75) is 57.6 Å². The van der Waals surface area contributed by atoms with E-state index >= 15 is 0 Å². The summed E-state index contributed by atoms with van der Waals surface area (Å²) in [6.07, 6.45) is 3.70. The van der Waals surface area contributed by atoms with E-state index in [0.717, 1.165) is 42.4 Å². The molecule has 0 radical (unpaired) electrons. The van der Waals surface area contributed by atoms with E-state index in [1.54, 1.807) is 19.1 Å². The third-order valence-corrected chi connectivity index (χ3v) is 6.57. The van der Waals surface area contributed by atoms with Gasteiger partial charge in [-0.1, -0.05) is 42.6 Å². The van der Waals surface area contributed by atoms with Crippen LogP contribution in [0.2, 0.25) is 5.02 Å². The molecule has 1 saturated carbocycles. The lowest BCUT2D eigenvalue weighted by molar-refractivity contribution is -0.123. The van der Waals surface area contributed by atoms with Crippen molar-refractivity contribution in [3.8, 4) is 5.75 Å². The Bertz CT molecular complexity index is 1000. The second-order valence-corrected chi connectivity index (χ2v) is 8.65. The highest BCUT2D eigenvalue weighted by Gasteiger charge is 2.37. The molecule has 0 bridgehead atoms. The fraction of sp³-hybridized carbons (Fsp3) is 0.440. The summed E-state index contributed by atoms with van der Waals surface area (Å²) >= 11 is 6.41. The highest BCUT2D eigenvalue weighted by Crippen LogP contribution is 2.35. The van der Waals surface area contributed by atoms with Crippen LogP contribution in [0.5, 0.6) is 5.75 Å². The molecule has 1 fully saturated rings. The second kappa shape index (κ2) is 10.0. The normalized spacial score (nSPS) is 18.8. The fourth-order valence-corrected chi connectivity index (χ4v) is 4.84. The number of Topliss-reactive ketones (excluding diaryl/α,β-unsaturated/α-hetero) is 1. The summed E-state index contributed by atoms with van der Waals surface area (Å²) in [5, 5.41) is 0.534. The molecule has 4 rings (SSSR count). The maximum atomic E-state index is 13.1. The van der Waals surface area contributed by atoms with Crippen molar-refractivity contribution in [1.29, 1.82) is 0 Å². The minimum absolute atomic E-state index is 0.0803. The maximum absolute atomic E-state index is 13.1. The van der Waals surface area contributed by atoms with Gasteiger partial charge in [0.05, 0.1) is 12.6 Å². The first-order valence-electron chi connectivity index (χ1n) is 11.0. The Labute approximate surface area is 193 Å². The molecule has 2 aromatic rings. The number of hydrogen-bond acceptors (Lipinski definition) is 5. The smallest absolute Gasteiger partial charge is 0.255 e. The molecule has 1 atom stereocenters. The molecular weight excluding hydrogens is 430 g/mol. The number of ether oxygens (including phenoxy) is 3. The van der Waals surface area contributed by atoms with Gasteiger partial charge in [0.1, 0.15) is 12.4 Å². The van der Waals surface area contributed by atoms with Gasteiger partial charge in [-0.2, -0.15) is 0 Å². The van der Waals surface area contributed by atoms with Crippen molar-refractivity contribution in [2.24, 2.45) is 0 Å². The van der Waals surface area contributed by atoms with E-state index in [1.165, 1.54) is 0 Å². The molecule has 1 aliphatic heterocycles. The number of carbonyl (C=O) groups excluding carboxylic acids is 2. The molecule has 2 aliphatic rings. The Morgan fingerprint density at radius 1 is 1.09 bits per heavy atom. The Balaban J connectivity index is 1.49. The Morgan fingerprint density at radius 2 is 1.91 bits per heavy atom. The predicted octanol–water partition coefficient (Wildman–Crippen LogP) is 5.07. The van der Waals surface area contributed by atoms with Gasteiger partial charge in [-0.15, -0.1) is 0 Å². The lowest BCUT2D eigenvalue weighted by Gasteiger charge is -2.25. The van der Waals surface area contributed by atoms with E-state index in [1.807, 2.05) is 36.4 Å². The first-order valence-corrected chi connectivity index (χ1v) is 11.3. The number of benzene rings is 2. The summed E-state index contributed by atoms with van der Waals surface area (Å²) in [6.45, 7) is 0.710. The van der Waals surface area contributed by atoms with Crippen LogP contribution in [-0.2, 0) is 27.4 Å². The lowest BCUT2D eigenvalue weighted by Crippen LogP contribution is -2.40. The van der Waals surface area contributed by atoms with Crippen molar-refractivity contribution in [3.05, 3.63) is 63.7 Å². The van der Waals surface area contributed by atoms with Gasteiger partial charge in [-0.05, 0) is 36.6 Å². The average molecular weight is 458 g/mol. The topological polar surface area (TPSA) is 65.1 Å². The zero-order valence-corrected chi connectivity index (χ0v) is 19.2. The lowest BCUT2D eigenvalue weighted by atomic mass is 10.1. The zero-order chi connectivity index (χ0) is 22.7. The van der Waals surface area contributed by atoms with Crippen LogP contribution in [0.1, 0.15) is 65.4 Å². The summed E-state index contributed by atoms with van der Waals surface area (Å²) in [7, 11) is 3.12. The van der Waals surface area contributed by atoms with E-state index in [-0.39, 0.29) is 17.7 Å². The minimum atomic E-state index is -0.529. The first kappa shape index (κ1) is 22.8. The molecule has 6 nitrogen and oxygen atoms in total. The number of rotatable bonds is 7. The van der Waals surface area contributed by atoms with Gasteiger partial charge in [0.15, 0.2) is 12.1 Å². The van der Waals surface area contributed by atoms with Crippen molar-refractivity contribution in [2.75, 3.05) is 14.2 Å². The van der Waals surface area contributed by atoms with Gasteiger partial charge >= 0.3 is 0 Å². The Hall–Kier alpha value is -2.41. The number of fused-ring (bicyclic) bond motifs is 1. The molecule has 0 saturated heterocycles. The SMILES string of the molecule is COC(OC)c1ccc(COc2cccc3c2CN([C@H]2CCCCCC2=O)C3=O)cc1Cl. The van der Waals surface area contributed by atoms with Gasteiger partial charge in [0.25, 0.3) is 5.91 Å². The van der Waals surface area contributed by atoms with Gasteiger partial charge in [-0.25, -0.2) is 0 Å². The highest BCUT2D eigenvalue weighted by molar-refractivity contribution is 6.31. The van der Waals surface area contributed by atoms with E-state index in [4.69, 9.17) is 25.8 Å². The number of nitrogens with zero attached hydrogens (tertiary/aromatic N) is 1. The van der Waals surface area contributed by atoms with Crippen molar-refractivity contribution < 1.29 is 23.8 Å². The monoisotopic (exact) mass is 457 g/mol. The Kier molecular flexibility index (Phi) is 7.13. The number of methoxy groups -OCH3 is 2. The van der Waals surface area contributed by atoms with Crippen LogP contribution in [0.15, 0.2) is 36.4 Å². The molecule has 170 valence electrons. The average Bonchev–Trinajstić information content (AvgIpc) is 2.98. The van der Waals surface area contributed by atoms with Crippen molar-refractivity contribution in [3.63, 3.8) is 0 Å². The summed E-state index contributed by atoms with van der Waals surface area (Å²) < 4.78 is 16.6. The quantitative estimate of drug-likeness (QED) is 0.429. The zero-order valence-electron chi connectivity index (χ0n) is 18.4. The van der Waals surface area contributed by atoms with Gasteiger partial charge in [-0.3, -0.25) is 9.59 Å². The van der Waals surface area contributed by atoms with Crippen LogP contribution in [-0.4, -0.2) is 36.9 Å². The van der Waals surface area contributed by atoms with Crippen LogP contribution in [0.4, 0.5) is 0 Å². The molecule has 0 unspecified atom stereocenters. The van der Waals surface area contributed by atoms with E-state index in [0.29, 0.717) is 35.9 Å². The summed E-state index contributed by atoms with van der Waals surface area (Å²) in [5.74, 6) is 0.751. The second-order valence-electron chi connectivity index (χ2n) is 8.24. The van der Waals surface area contributed by atoms with Gasteiger partial charge < -0.3 is 19.1 Å². The maximum Gasteiger partial charge on any atom is 0.255 e. The van der Waals surface area contributed by atoms with Crippen LogP contribution in [0.25, 0.3) is 0 Å². The molecule has 1 amide bonds. The first-order chi connectivity index (χ1) is 15.5. The summed E-state index contributed by atoms with van der Waals surface area (Å²) in [4.78, 5) is 27.4. The van der Waals surface area contributed by atoms with E-state index < -0.39 is 6.29 Å². The predicted molar refractivity (Wildman–Crippen MR) is 121 cm³/mol. The van der Waals surface area contributed by atoms with Crippen LogP contribution in [0, 0.1) is 0 Å². The van der Waals surface area contributed by atoms with E-state index in [9.17, 15) is 9.59 Å². The Morgan fingerprint density at radius 3 is 2.66 bits per heavy atom. The minimum Gasteiger partial charge on any atom is -0.489 e. The molecular formula is C25H28ClNO5. The third kappa shape index (κ3) is 4.53. The fourth-order valence-electron chi connectivity index (χ4n) is 4.55. The van der Waals surface area contributed by atoms with Crippen LogP contribution < -0.4 is 4.74 Å².